The van der Waals surface area contributed by atoms with Crippen LogP contribution < -0.4 is 10.2 Å². The summed E-state index contributed by atoms with van der Waals surface area (Å²) < 4.78 is 1.75. The van der Waals surface area contributed by atoms with Gasteiger partial charge in [0, 0.05) is 21.7 Å². The molecule has 0 radical (unpaired) electrons. The van der Waals surface area contributed by atoms with Gasteiger partial charge >= 0.3 is 4.87 Å². The van der Waals surface area contributed by atoms with E-state index in [4.69, 9.17) is 0 Å². The number of anilines is 1. The molecule has 1 aliphatic heterocycles. The van der Waals surface area contributed by atoms with Crippen LogP contribution in [0.4, 0.5) is 5.69 Å². The second-order valence-corrected chi connectivity index (χ2v) is 14.0. The Hall–Kier alpha value is -2.31. The zero-order valence-corrected chi connectivity index (χ0v) is 23.0. The molecule has 3 aromatic rings. The Labute approximate surface area is 221 Å². The number of aromatic nitrogens is 1. The number of nitrogens with one attached hydrogen (secondary N) is 1. The molecule has 3 aliphatic rings. The Morgan fingerprint density at radius 2 is 1.78 bits per heavy atom. The minimum absolute atomic E-state index is 0.0175. The van der Waals surface area contributed by atoms with Crippen LogP contribution in [0.15, 0.2) is 58.4 Å². The highest BCUT2D eigenvalue weighted by atomic mass is 32.2. The lowest BCUT2D eigenvalue weighted by Crippen LogP contribution is -2.35. The highest BCUT2D eigenvalue weighted by molar-refractivity contribution is 8.00. The first-order valence-corrected chi connectivity index (χ1v) is 14.8. The fourth-order valence-corrected chi connectivity index (χ4v) is 9.85. The van der Waals surface area contributed by atoms with E-state index in [1.807, 2.05) is 43.0 Å². The molecule has 6 heteroatoms. The van der Waals surface area contributed by atoms with Crippen LogP contribution in [0.5, 0.6) is 0 Å². The molecule has 2 aliphatic carbocycles. The summed E-state index contributed by atoms with van der Waals surface area (Å²) in [6.07, 6.45) is 3.92. The van der Waals surface area contributed by atoms with E-state index < -0.39 is 0 Å². The van der Waals surface area contributed by atoms with Gasteiger partial charge in [0.05, 0.1) is 5.03 Å². The number of hydrogen-bond acceptors (Lipinski definition) is 4. The molecule has 4 nitrogen and oxygen atoms in total. The molecule has 2 heterocycles. The third kappa shape index (κ3) is 4.06. The van der Waals surface area contributed by atoms with Crippen molar-refractivity contribution in [3.8, 4) is 0 Å². The number of rotatable bonds is 4. The molecule has 2 fully saturated rings. The van der Waals surface area contributed by atoms with Gasteiger partial charge in [0.25, 0.3) is 0 Å². The SMILES string of the molecule is Cc1ccccc1NC(=O)Cn1c2c(sc1=O)[C@@H](c1ccc(C(C)(C)C)cc1)C1C3CCC(C3)C1S2. The maximum Gasteiger partial charge on any atom is 0.308 e. The molecule has 5 atom stereocenters. The largest absolute Gasteiger partial charge is 0.324 e. The van der Waals surface area contributed by atoms with Gasteiger partial charge in [-0.3, -0.25) is 14.2 Å². The quantitative estimate of drug-likeness (QED) is 0.413. The summed E-state index contributed by atoms with van der Waals surface area (Å²) in [5.41, 5.74) is 4.59. The van der Waals surface area contributed by atoms with Crippen LogP contribution in [-0.2, 0) is 16.8 Å². The van der Waals surface area contributed by atoms with Crippen LogP contribution in [0.1, 0.15) is 67.5 Å². The van der Waals surface area contributed by atoms with E-state index in [1.165, 1.54) is 46.6 Å². The van der Waals surface area contributed by atoms with Crippen molar-refractivity contribution in [1.29, 1.82) is 0 Å². The predicted octanol–water partition coefficient (Wildman–Crippen LogP) is 6.81. The number of thiazole rings is 1. The Kier molecular flexibility index (Phi) is 5.95. The highest BCUT2D eigenvalue weighted by Crippen LogP contribution is 2.64. The molecule has 0 spiro atoms. The summed E-state index contributed by atoms with van der Waals surface area (Å²) in [5.74, 6) is 2.14. The zero-order chi connectivity index (χ0) is 25.2. The van der Waals surface area contributed by atoms with E-state index in [-0.39, 0.29) is 28.7 Å². The summed E-state index contributed by atoms with van der Waals surface area (Å²) in [4.78, 5) is 27.5. The smallest absolute Gasteiger partial charge is 0.308 e. The van der Waals surface area contributed by atoms with Crippen molar-refractivity contribution >= 4 is 34.7 Å². The molecule has 36 heavy (non-hydrogen) atoms. The highest BCUT2D eigenvalue weighted by Gasteiger charge is 2.55. The standard InChI is InChI=1S/C30H34N2O2S2/c1-17-7-5-6-8-22(17)31-23(33)16-32-28-27(36-29(32)34)24(18-11-13-21(14-12-18)30(2,3)4)25-19-9-10-20(15-19)26(25)35-28/h5-8,11-14,19-20,24-26H,9-10,15-16H2,1-4H3,(H,31,33)/t19?,20?,24-,25?,26?/m0/s1. The number of amides is 1. The van der Waals surface area contributed by atoms with Gasteiger partial charge in [0.1, 0.15) is 6.54 Å². The monoisotopic (exact) mass is 518 g/mol. The fraction of sp³-hybridized carbons (Fsp3) is 0.467. The van der Waals surface area contributed by atoms with Gasteiger partial charge in [-0.2, -0.15) is 0 Å². The number of para-hydroxylation sites is 1. The maximum atomic E-state index is 13.3. The fourth-order valence-electron chi connectivity index (χ4n) is 6.70. The van der Waals surface area contributed by atoms with Crippen molar-refractivity contribution in [2.45, 2.75) is 75.1 Å². The van der Waals surface area contributed by atoms with E-state index in [9.17, 15) is 9.59 Å². The van der Waals surface area contributed by atoms with Crippen LogP contribution in [-0.4, -0.2) is 15.7 Å². The number of fused-ring (bicyclic) bond motifs is 6. The summed E-state index contributed by atoms with van der Waals surface area (Å²) in [6.45, 7) is 8.79. The van der Waals surface area contributed by atoms with E-state index in [2.05, 4.69) is 50.4 Å². The first-order chi connectivity index (χ1) is 17.2. The predicted molar refractivity (Wildman–Crippen MR) is 149 cm³/mol. The van der Waals surface area contributed by atoms with Crippen LogP contribution in [0.25, 0.3) is 0 Å². The van der Waals surface area contributed by atoms with Crippen LogP contribution >= 0.6 is 23.1 Å². The van der Waals surface area contributed by atoms with Gasteiger partial charge in [-0.05, 0) is 72.1 Å². The Balaban J connectivity index is 1.37. The number of benzene rings is 2. The normalized spacial score (nSPS) is 26.5. The van der Waals surface area contributed by atoms with Gasteiger partial charge < -0.3 is 5.32 Å². The lowest BCUT2D eigenvalue weighted by molar-refractivity contribution is -0.116. The average molecular weight is 519 g/mol. The molecule has 1 N–H and O–H groups in total. The maximum absolute atomic E-state index is 13.3. The van der Waals surface area contributed by atoms with Crippen molar-refractivity contribution in [3.05, 3.63) is 79.8 Å². The van der Waals surface area contributed by atoms with E-state index in [0.29, 0.717) is 11.2 Å². The topological polar surface area (TPSA) is 51.1 Å². The molecule has 2 bridgehead atoms. The molecule has 0 saturated heterocycles. The van der Waals surface area contributed by atoms with Crippen molar-refractivity contribution in [3.63, 3.8) is 0 Å². The first kappa shape index (κ1) is 24.1. The molecule has 2 saturated carbocycles. The number of hydrogen-bond donors (Lipinski definition) is 1. The van der Waals surface area contributed by atoms with Crippen LogP contribution in [0.3, 0.4) is 0 Å². The minimum Gasteiger partial charge on any atom is -0.324 e. The van der Waals surface area contributed by atoms with Crippen LogP contribution in [0.2, 0.25) is 0 Å². The Morgan fingerprint density at radius 3 is 2.50 bits per heavy atom. The van der Waals surface area contributed by atoms with Gasteiger partial charge in [-0.1, -0.05) is 74.6 Å². The van der Waals surface area contributed by atoms with E-state index in [0.717, 1.165) is 28.1 Å². The average Bonchev–Trinajstić information content (AvgIpc) is 3.53. The Bertz CT molecular complexity index is 1360. The third-order valence-corrected chi connectivity index (χ3v) is 11.4. The van der Waals surface area contributed by atoms with Crippen molar-refractivity contribution < 1.29 is 4.79 Å². The second kappa shape index (κ2) is 8.91. The second-order valence-electron chi connectivity index (χ2n) is 11.8. The summed E-state index contributed by atoms with van der Waals surface area (Å²) in [7, 11) is 0. The van der Waals surface area contributed by atoms with Gasteiger partial charge in [0.2, 0.25) is 5.91 Å². The number of thioether (sulfide) groups is 1. The number of carbonyl (C=O) groups is 1. The molecule has 6 rings (SSSR count). The first-order valence-electron chi connectivity index (χ1n) is 13.1. The number of nitrogens with zero attached hydrogens (tertiary/aromatic N) is 1. The van der Waals surface area contributed by atoms with Gasteiger partial charge in [-0.25, -0.2) is 0 Å². The Morgan fingerprint density at radius 1 is 1.06 bits per heavy atom. The van der Waals surface area contributed by atoms with Crippen LogP contribution in [0, 0.1) is 24.7 Å². The van der Waals surface area contributed by atoms with E-state index in [1.54, 1.807) is 4.57 Å². The molecule has 188 valence electrons. The lowest BCUT2D eigenvalue weighted by Gasteiger charge is -2.40. The zero-order valence-electron chi connectivity index (χ0n) is 21.4. The lowest BCUT2D eigenvalue weighted by atomic mass is 9.74. The van der Waals surface area contributed by atoms with E-state index >= 15 is 0 Å². The summed E-state index contributed by atoms with van der Waals surface area (Å²) >= 11 is 3.25. The molecular weight excluding hydrogens is 484 g/mol. The molecule has 1 aromatic heterocycles. The number of aryl methyl sites for hydroxylation is 1. The van der Waals surface area contributed by atoms with Crippen molar-refractivity contribution in [2.75, 3.05) is 5.32 Å². The molecule has 1 amide bonds. The minimum atomic E-state index is -0.145. The van der Waals surface area contributed by atoms with Crippen molar-refractivity contribution in [2.24, 2.45) is 17.8 Å². The summed E-state index contributed by atoms with van der Waals surface area (Å²) in [5, 5.41) is 4.58. The van der Waals surface area contributed by atoms with Crippen molar-refractivity contribution in [1.82, 2.24) is 4.57 Å². The van der Waals surface area contributed by atoms with Gasteiger partial charge in [0.15, 0.2) is 0 Å². The molecule has 4 unspecified atom stereocenters. The molecular formula is C30H34N2O2S2. The van der Waals surface area contributed by atoms with Gasteiger partial charge in [-0.15, -0.1) is 11.8 Å². The molecule has 2 aromatic carbocycles. The third-order valence-electron chi connectivity index (χ3n) is 8.55. The summed E-state index contributed by atoms with van der Waals surface area (Å²) in [6, 6.07) is 16.9. The number of carbonyl (C=O) groups excluding carboxylic acids is 1.